The van der Waals surface area contributed by atoms with Crippen molar-refractivity contribution in [1.82, 2.24) is 19.8 Å². The molecule has 1 aliphatic carbocycles. The lowest BCUT2D eigenvalue weighted by molar-refractivity contribution is -0.132. The van der Waals surface area contributed by atoms with Crippen molar-refractivity contribution in [1.29, 1.82) is 0 Å². The molecule has 0 spiro atoms. The number of aromatic nitrogens is 2. The number of benzene rings is 1. The maximum absolute atomic E-state index is 14.3. The minimum absolute atomic E-state index is 0.000197. The number of carbonyl (C=O) groups is 2. The molecule has 2 aliphatic rings. The van der Waals surface area contributed by atoms with E-state index in [0.29, 0.717) is 30.5 Å². The van der Waals surface area contributed by atoms with Crippen molar-refractivity contribution in [3.8, 4) is 0 Å². The summed E-state index contributed by atoms with van der Waals surface area (Å²) in [7, 11) is 2.08. The molecule has 2 heterocycles. The molecule has 0 saturated carbocycles. The minimum Gasteiger partial charge on any atom is -0.366 e. The topological polar surface area (TPSA) is 116 Å². The predicted molar refractivity (Wildman–Crippen MR) is 132 cm³/mol. The number of primary amides is 1. The zero-order valence-corrected chi connectivity index (χ0v) is 20.0. The van der Waals surface area contributed by atoms with Crippen LogP contribution in [0, 0.1) is 5.82 Å². The molecule has 2 amide bonds. The summed E-state index contributed by atoms with van der Waals surface area (Å²) in [5.41, 5.74) is 8.40. The second kappa shape index (κ2) is 11.3. The second-order valence-electron chi connectivity index (χ2n) is 9.05. The van der Waals surface area contributed by atoms with Gasteiger partial charge in [-0.15, -0.1) is 0 Å². The highest BCUT2D eigenvalue weighted by atomic mass is 19.1. The van der Waals surface area contributed by atoms with Crippen LogP contribution in [0.1, 0.15) is 37.7 Å². The van der Waals surface area contributed by atoms with Crippen molar-refractivity contribution >= 4 is 29.3 Å². The molecule has 1 aromatic carbocycles. The zero-order chi connectivity index (χ0) is 24.8. The molecule has 2 aromatic rings. The van der Waals surface area contributed by atoms with E-state index >= 15 is 0 Å². The number of nitrogens with two attached hydrogens (primary N) is 1. The summed E-state index contributed by atoms with van der Waals surface area (Å²) < 4.78 is 14.3. The van der Waals surface area contributed by atoms with Gasteiger partial charge in [0.15, 0.2) is 11.6 Å². The number of hydrogen-bond acceptors (Lipinski definition) is 7. The maximum Gasteiger partial charge on any atom is 0.246 e. The Bertz CT molecular complexity index is 1100. The lowest BCUT2D eigenvalue weighted by Crippen LogP contribution is -2.47. The molecule has 186 valence electrons. The van der Waals surface area contributed by atoms with Crippen LogP contribution in [0.5, 0.6) is 0 Å². The normalized spacial score (nSPS) is 16.5. The molecule has 4 rings (SSSR count). The summed E-state index contributed by atoms with van der Waals surface area (Å²) in [5, 5.41) is 5.99. The molecule has 1 aliphatic heterocycles. The van der Waals surface area contributed by atoms with E-state index in [1.54, 1.807) is 0 Å². The van der Waals surface area contributed by atoms with E-state index in [0.717, 1.165) is 62.9 Å². The molecule has 0 bridgehead atoms. The van der Waals surface area contributed by atoms with Gasteiger partial charge in [0, 0.05) is 49.6 Å². The van der Waals surface area contributed by atoms with Gasteiger partial charge in [-0.1, -0.05) is 12.1 Å². The lowest BCUT2D eigenvalue weighted by Gasteiger charge is -2.32. The van der Waals surface area contributed by atoms with Crippen LogP contribution >= 0.6 is 0 Å². The number of hydrogen-bond donors (Lipinski definition) is 3. The van der Waals surface area contributed by atoms with E-state index in [9.17, 15) is 14.0 Å². The van der Waals surface area contributed by atoms with E-state index in [-0.39, 0.29) is 17.7 Å². The van der Waals surface area contributed by atoms with E-state index in [1.165, 1.54) is 0 Å². The first-order valence-electron chi connectivity index (χ1n) is 12.0. The molecule has 1 aromatic heterocycles. The summed E-state index contributed by atoms with van der Waals surface area (Å²) in [5.74, 6) is -0.647. The van der Waals surface area contributed by atoms with Crippen molar-refractivity contribution < 1.29 is 14.0 Å². The van der Waals surface area contributed by atoms with Crippen LogP contribution in [-0.2, 0) is 16.0 Å². The average Bonchev–Trinajstić information content (AvgIpc) is 3.31. The van der Waals surface area contributed by atoms with Gasteiger partial charge in [-0.25, -0.2) is 9.37 Å². The highest BCUT2D eigenvalue weighted by Crippen LogP contribution is 2.28. The van der Waals surface area contributed by atoms with Crippen molar-refractivity contribution in [2.75, 3.05) is 43.9 Å². The van der Waals surface area contributed by atoms with E-state index < -0.39 is 11.7 Å². The summed E-state index contributed by atoms with van der Waals surface area (Å²) in [6, 6.07) is 7.80. The number of piperazine rings is 1. The summed E-state index contributed by atoms with van der Waals surface area (Å²) in [4.78, 5) is 36.4. The number of anilines is 3. The largest absolute Gasteiger partial charge is 0.366 e. The predicted octanol–water partition coefficient (Wildman–Crippen LogP) is 2.79. The van der Waals surface area contributed by atoms with Gasteiger partial charge in [-0.3, -0.25) is 9.59 Å². The highest BCUT2D eigenvalue weighted by molar-refractivity contribution is 5.93. The molecule has 0 unspecified atom stereocenters. The quantitative estimate of drug-likeness (QED) is 0.504. The number of amides is 2. The number of likely N-dealkylation sites (N-methyl/N-ethyl adjacent to an activating group) is 1. The van der Waals surface area contributed by atoms with Gasteiger partial charge in [0.1, 0.15) is 0 Å². The Morgan fingerprint density at radius 1 is 1.09 bits per heavy atom. The molecule has 1 saturated heterocycles. The van der Waals surface area contributed by atoms with Gasteiger partial charge < -0.3 is 26.2 Å². The molecule has 4 N–H and O–H groups in total. The van der Waals surface area contributed by atoms with Gasteiger partial charge in [0.25, 0.3) is 0 Å². The van der Waals surface area contributed by atoms with E-state index in [1.807, 2.05) is 29.2 Å². The highest BCUT2D eigenvalue weighted by Gasteiger charge is 2.21. The van der Waals surface area contributed by atoms with Crippen LogP contribution in [0.3, 0.4) is 0 Å². The summed E-state index contributed by atoms with van der Waals surface area (Å²) >= 11 is 0. The number of nitrogens with zero attached hydrogens (tertiary/aromatic N) is 4. The first kappa shape index (κ1) is 24.6. The Balaban J connectivity index is 1.30. The SMILES string of the molecule is CN1CCN(C(=O)CCCc2ccc(Nc3ncc(F)c(NC4=C(C(N)=O)CCC4)n3)cc2)CC1. The van der Waals surface area contributed by atoms with Crippen LogP contribution in [0.15, 0.2) is 41.7 Å². The van der Waals surface area contributed by atoms with Gasteiger partial charge in [-0.2, -0.15) is 4.98 Å². The minimum atomic E-state index is -0.611. The van der Waals surface area contributed by atoms with Crippen LogP contribution in [0.2, 0.25) is 0 Å². The molecule has 35 heavy (non-hydrogen) atoms. The third-order valence-electron chi connectivity index (χ3n) is 6.45. The number of rotatable bonds is 9. The first-order valence-corrected chi connectivity index (χ1v) is 12.0. The Morgan fingerprint density at radius 2 is 1.83 bits per heavy atom. The summed E-state index contributed by atoms with van der Waals surface area (Å²) in [6.45, 7) is 3.48. The van der Waals surface area contributed by atoms with E-state index in [4.69, 9.17) is 5.73 Å². The van der Waals surface area contributed by atoms with E-state index in [2.05, 4.69) is 32.5 Å². The standard InChI is InChI=1S/C25H32FN7O2/c1-32-12-14-33(15-13-32)22(34)7-2-4-17-8-10-18(11-9-17)29-25-28-16-20(26)24(31-25)30-21-6-3-5-19(21)23(27)35/h8-11,16H,2-7,12-15H2,1H3,(H2,27,35)(H2,28,29,30,31). The monoisotopic (exact) mass is 481 g/mol. The second-order valence-corrected chi connectivity index (χ2v) is 9.05. The molecule has 0 radical (unpaired) electrons. The fourth-order valence-corrected chi connectivity index (χ4v) is 4.35. The first-order chi connectivity index (χ1) is 16.9. The number of halogens is 1. The maximum atomic E-state index is 14.3. The molecule has 0 atom stereocenters. The third-order valence-corrected chi connectivity index (χ3v) is 6.45. The lowest BCUT2D eigenvalue weighted by atomic mass is 10.1. The molecular weight excluding hydrogens is 449 g/mol. The van der Waals surface area contributed by atoms with Crippen LogP contribution < -0.4 is 16.4 Å². The van der Waals surface area contributed by atoms with Crippen molar-refractivity contribution in [3.05, 3.63) is 53.1 Å². The molecule has 1 fully saturated rings. The Morgan fingerprint density at radius 3 is 2.54 bits per heavy atom. The summed E-state index contributed by atoms with van der Waals surface area (Å²) in [6.07, 6.45) is 5.24. The number of carbonyl (C=O) groups excluding carboxylic acids is 2. The van der Waals surface area contributed by atoms with Gasteiger partial charge in [0.05, 0.1) is 6.20 Å². The Hall–Kier alpha value is -3.53. The fourth-order valence-electron chi connectivity index (χ4n) is 4.35. The van der Waals surface area contributed by atoms with Crippen molar-refractivity contribution in [2.24, 2.45) is 5.73 Å². The molecule has 10 heteroatoms. The smallest absolute Gasteiger partial charge is 0.246 e. The molecular formula is C25H32FN7O2. The average molecular weight is 482 g/mol. The van der Waals surface area contributed by atoms with Crippen molar-refractivity contribution in [3.63, 3.8) is 0 Å². The fraction of sp³-hybridized carbons (Fsp3) is 0.440. The number of allylic oxidation sites excluding steroid dienone is 1. The third kappa shape index (κ3) is 6.54. The molecule has 9 nitrogen and oxygen atoms in total. The van der Waals surface area contributed by atoms with Crippen molar-refractivity contribution in [2.45, 2.75) is 38.5 Å². The Labute approximate surface area is 204 Å². The Kier molecular flexibility index (Phi) is 7.91. The zero-order valence-electron chi connectivity index (χ0n) is 20.0. The van der Waals surface area contributed by atoms with Crippen LogP contribution in [0.25, 0.3) is 0 Å². The number of nitrogens with one attached hydrogen (secondary N) is 2. The van der Waals surface area contributed by atoms with Gasteiger partial charge >= 0.3 is 0 Å². The number of aryl methyl sites for hydroxylation is 1. The van der Waals surface area contributed by atoms with Crippen LogP contribution in [-0.4, -0.2) is 64.8 Å². The van der Waals surface area contributed by atoms with Gasteiger partial charge in [0.2, 0.25) is 17.8 Å². The van der Waals surface area contributed by atoms with Crippen LogP contribution in [0.4, 0.5) is 21.8 Å². The van der Waals surface area contributed by atoms with Gasteiger partial charge in [-0.05, 0) is 56.8 Å².